The van der Waals surface area contributed by atoms with Gasteiger partial charge in [0.2, 0.25) is 0 Å². The molecule has 1 aromatic rings. The smallest absolute Gasteiger partial charge is 0.257 e. The van der Waals surface area contributed by atoms with E-state index in [1.807, 2.05) is 20.8 Å². The Morgan fingerprint density at radius 2 is 2.15 bits per heavy atom. The molecule has 0 unspecified atom stereocenters. The lowest BCUT2D eigenvalue weighted by molar-refractivity contribution is -0.123. The molecule has 5 heteroatoms. The molecular weight excluding hydrogens is 259 g/mol. The molecule has 112 valence electrons. The van der Waals surface area contributed by atoms with Crippen LogP contribution in [0.3, 0.4) is 0 Å². The van der Waals surface area contributed by atoms with Crippen molar-refractivity contribution in [3.63, 3.8) is 0 Å². The van der Waals surface area contributed by atoms with Gasteiger partial charge in [0, 0.05) is 18.7 Å². The monoisotopic (exact) mass is 282 g/mol. The number of amides is 1. The predicted molar refractivity (Wildman–Crippen MR) is 77.1 cm³/mol. The molecule has 0 bridgehead atoms. The minimum Gasteiger partial charge on any atom is -0.480 e. The van der Waals surface area contributed by atoms with E-state index < -0.39 is 5.82 Å². The first-order chi connectivity index (χ1) is 9.54. The average molecular weight is 282 g/mol. The summed E-state index contributed by atoms with van der Waals surface area (Å²) in [5, 5.41) is 5.85. The second-order valence-electron chi connectivity index (χ2n) is 5.00. The van der Waals surface area contributed by atoms with Crippen molar-refractivity contribution < 1.29 is 13.9 Å². The van der Waals surface area contributed by atoms with Crippen molar-refractivity contribution in [3.05, 3.63) is 29.6 Å². The summed E-state index contributed by atoms with van der Waals surface area (Å²) < 4.78 is 19.1. The third-order valence-corrected chi connectivity index (χ3v) is 2.67. The Bertz CT molecular complexity index is 436. The van der Waals surface area contributed by atoms with Gasteiger partial charge in [-0.25, -0.2) is 4.39 Å². The van der Waals surface area contributed by atoms with E-state index in [0.29, 0.717) is 24.6 Å². The van der Waals surface area contributed by atoms with Gasteiger partial charge in [0.05, 0.1) is 0 Å². The summed E-state index contributed by atoms with van der Waals surface area (Å²) in [4.78, 5) is 11.6. The molecule has 0 aliphatic rings. The van der Waals surface area contributed by atoms with Crippen molar-refractivity contribution in [3.8, 4) is 5.75 Å². The van der Waals surface area contributed by atoms with Crippen molar-refractivity contribution in [1.29, 1.82) is 0 Å². The quantitative estimate of drug-likeness (QED) is 0.767. The number of ether oxygens (including phenoxy) is 1. The number of hydrogen-bond acceptors (Lipinski definition) is 3. The van der Waals surface area contributed by atoms with Gasteiger partial charge >= 0.3 is 0 Å². The van der Waals surface area contributed by atoms with Gasteiger partial charge in [-0.3, -0.25) is 4.79 Å². The van der Waals surface area contributed by atoms with Crippen LogP contribution in [0.2, 0.25) is 0 Å². The Labute approximate surface area is 119 Å². The van der Waals surface area contributed by atoms with E-state index in [-0.39, 0.29) is 18.3 Å². The number of rotatable bonds is 8. The van der Waals surface area contributed by atoms with Crippen LogP contribution in [0.25, 0.3) is 0 Å². The summed E-state index contributed by atoms with van der Waals surface area (Å²) >= 11 is 0. The Balaban J connectivity index is 2.59. The number of nitrogens with one attached hydrogen (secondary N) is 2. The molecule has 4 nitrogen and oxygen atoms in total. The van der Waals surface area contributed by atoms with Crippen LogP contribution < -0.4 is 15.4 Å². The van der Waals surface area contributed by atoms with Crippen LogP contribution in [-0.2, 0) is 11.3 Å². The van der Waals surface area contributed by atoms with Gasteiger partial charge in [-0.05, 0) is 18.5 Å². The van der Waals surface area contributed by atoms with E-state index in [4.69, 9.17) is 4.74 Å². The highest BCUT2D eigenvalue weighted by molar-refractivity contribution is 5.77. The van der Waals surface area contributed by atoms with Gasteiger partial charge in [0.25, 0.3) is 5.91 Å². The van der Waals surface area contributed by atoms with Crippen molar-refractivity contribution in [2.24, 2.45) is 5.92 Å². The fourth-order valence-electron chi connectivity index (χ4n) is 1.62. The number of halogens is 1. The molecule has 20 heavy (non-hydrogen) atoms. The van der Waals surface area contributed by atoms with E-state index in [1.165, 1.54) is 6.07 Å². The Hall–Kier alpha value is -1.62. The Morgan fingerprint density at radius 3 is 2.80 bits per heavy atom. The lowest BCUT2D eigenvalue weighted by atomic mass is 10.2. The highest BCUT2D eigenvalue weighted by atomic mass is 19.1. The molecular formula is C15H23FN2O2. The molecule has 0 atom stereocenters. The van der Waals surface area contributed by atoms with Gasteiger partial charge in [-0.1, -0.05) is 32.9 Å². The zero-order valence-corrected chi connectivity index (χ0v) is 12.3. The second kappa shape index (κ2) is 8.53. The topological polar surface area (TPSA) is 50.4 Å². The fourth-order valence-corrected chi connectivity index (χ4v) is 1.62. The summed E-state index contributed by atoms with van der Waals surface area (Å²) in [6, 6.07) is 4.75. The fraction of sp³-hybridized carbons (Fsp3) is 0.533. The highest BCUT2D eigenvalue weighted by Gasteiger charge is 2.11. The molecule has 0 saturated carbocycles. The van der Waals surface area contributed by atoms with E-state index in [2.05, 4.69) is 10.6 Å². The number of benzene rings is 1. The first kappa shape index (κ1) is 16.4. The van der Waals surface area contributed by atoms with Crippen LogP contribution in [0.15, 0.2) is 18.2 Å². The highest BCUT2D eigenvalue weighted by Crippen LogP contribution is 2.22. The SMILES string of the molecule is CCNCc1cccc(F)c1OCC(=O)NCC(C)C. The normalized spacial score (nSPS) is 10.7. The molecule has 0 aliphatic carbocycles. The van der Waals surface area contributed by atoms with Crippen molar-refractivity contribution in [1.82, 2.24) is 10.6 Å². The summed E-state index contributed by atoms with van der Waals surface area (Å²) in [5.41, 5.74) is 0.712. The molecule has 0 fully saturated rings. The minimum atomic E-state index is -0.447. The number of hydrogen-bond donors (Lipinski definition) is 2. The molecule has 0 aromatic heterocycles. The van der Waals surface area contributed by atoms with Gasteiger partial charge in [-0.2, -0.15) is 0 Å². The van der Waals surface area contributed by atoms with Crippen LogP contribution in [0.1, 0.15) is 26.3 Å². The summed E-state index contributed by atoms with van der Waals surface area (Å²) in [6.07, 6.45) is 0. The summed E-state index contributed by atoms with van der Waals surface area (Å²) in [5.74, 6) is -0.168. The molecule has 2 N–H and O–H groups in total. The van der Waals surface area contributed by atoms with Gasteiger partial charge in [0.1, 0.15) is 0 Å². The van der Waals surface area contributed by atoms with Crippen LogP contribution in [0.4, 0.5) is 4.39 Å². The third kappa shape index (κ3) is 5.57. The van der Waals surface area contributed by atoms with Crippen LogP contribution in [-0.4, -0.2) is 25.6 Å². The van der Waals surface area contributed by atoms with E-state index in [9.17, 15) is 9.18 Å². The van der Waals surface area contributed by atoms with Gasteiger partial charge in [0.15, 0.2) is 18.2 Å². The Kier molecular flexibility index (Phi) is 7.01. The van der Waals surface area contributed by atoms with E-state index >= 15 is 0 Å². The zero-order chi connectivity index (χ0) is 15.0. The third-order valence-electron chi connectivity index (χ3n) is 2.67. The second-order valence-corrected chi connectivity index (χ2v) is 5.00. The largest absolute Gasteiger partial charge is 0.480 e. The molecule has 1 amide bonds. The lowest BCUT2D eigenvalue weighted by Gasteiger charge is -2.13. The Morgan fingerprint density at radius 1 is 1.40 bits per heavy atom. The average Bonchev–Trinajstić information content (AvgIpc) is 2.41. The van der Waals surface area contributed by atoms with Crippen LogP contribution >= 0.6 is 0 Å². The number of carbonyl (C=O) groups excluding carboxylic acids is 1. The molecule has 0 saturated heterocycles. The first-order valence-electron chi connectivity index (χ1n) is 6.92. The molecule has 1 aromatic carbocycles. The van der Waals surface area contributed by atoms with Crippen molar-refractivity contribution >= 4 is 5.91 Å². The predicted octanol–water partition coefficient (Wildman–Crippen LogP) is 2.09. The molecule has 0 heterocycles. The van der Waals surface area contributed by atoms with Crippen molar-refractivity contribution in [2.75, 3.05) is 19.7 Å². The maximum atomic E-state index is 13.8. The number of para-hydroxylation sites is 1. The van der Waals surface area contributed by atoms with E-state index in [0.717, 1.165) is 6.54 Å². The van der Waals surface area contributed by atoms with Gasteiger partial charge in [-0.15, -0.1) is 0 Å². The maximum absolute atomic E-state index is 13.8. The molecule has 0 spiro atoms. The van der Waals surface area contributed by atoms with Crippen LogP contribution in [0, 0.1) is 11.7 Å². The maximum Gasteiger partial charge on any atom is 0.257 e. The lowest BCUT2D eigenvalue weighted by Crippen LogP contribution is -2.32. The van der Waals surface area contributed by atoms with Gasteiger partial charge < -0.3 is 15.4 Å². The van der Waals surface area contributed by atoms with E-state index in [1.54, 1.807) is 12.1 Å². The number of carbonyl (C=O) groups is 1. The first-order valence-corrected chi connectivity index (χ1v) is 6.92. The minimum absolute atomic E-state index is 0.146. The molecule has 0 aliphatic heterocycles. The summed E-state index contributed by atoms with van der Waals surface area (Å²) in [6.45, 7) is 7.69. The van der Waals surface area contributed by atoms with Crippen molar-refractivity contribution in [2.45, 2.75) is 27.3 Å². The van der Waals surface area contributed by atoms with Crippen LogP contribution in [0.5, 0.6) is 5.75 Å². The zero-order valence-electron chi connectivity index (χ0n) is 12.3. The molecule has 0 radical (unpaired) electrons. The standard InChI is InChI=1S/C15H23FN2O2/c1-4-17-9-12-6-5-7-13(16)15(12)20-10-14(19)18-8-11(2)3/h5-7,11,17H,4,8-10H2,1-3H3,(H,18,19). The molecule has 1 rings (SSSR count). The summed E-state index contributed by atoms with van der Waals surface area (Å²) in [7, 11) is 0.